The molecule has 1 heterocycles. The maximum Gasteiger partial charge on any atom is 0.279 e. The maximum absolute atomic E-state index is 12.2. The summed E-state index contributed by atoms with van der Waals surface area (Å²) in [4.78, 5) is 38.7. The van der Waals surface area contributed by atoms with Gasteiger partial charge in [-0.25, -0.2) is 0 Å². The molecule has 0 saturated heterocycles. The van der Waals surface area contributed by atoms with E-state index < -0.39 is 22.8 Å². The van der Waals surface area contributed by atoms with Crippen molar-refractivity contribution in [2.24, 2.45) is 0 Å². The molecule has 0 atom stereocenters. The van der Waals surface area contributed by atoms with Gasteiger partial charge in [0.2, 0.25) is 5.91 Å². The van der Waals surface area contributed by atoms with Crippen molar-refractivity contribution < 1.29 is 14.7 Å². The highest BCUT2D eigenvalue weighted by molar-refractivity contribution is 6.02. The number of hydrogen-bond acceptors (Lipinski definition) is 4. The molecule has 0 bridgehead atoms. The van der Waals surface area contributed by atoms with Crippen LogP contribution in [0.15, 0.2) is 29.1 Å². The van der Waals surface area contributed by atoms with Crippen molar-refractivity contribution in [2.45, 2.75) is 64.7 Å². The SMILES string of the molecule is CCCCCCCCCCC(=O)NNC(=O)c1c(O)c2ccccc2[nH]c1=O. The number of benzene rings is 1. The number of H-pyrrole nitrogens is 1. The number of pyridine rings is 1. The van der Waals surface area contributed by atoms with Crippen molar-refractivity contribution in [3.8, 4) is 5.75 Å². The predicted molar refractivity (Wildman–Crippen MR) is 109 cm³/mol. The molecule has 0 aliphatic heterocycles. The summed E-state index contributed by atoms with van der Waals surface area (Å²) < 4.78 is 0. The van der Waals surface area contributed by atoms with E-state index in [0.29, 0.717) is 17.3 Å². The Morgan fingerprint density at radius 2 is 1.61 bits per heavy atom. The van der Waals surface area contributed by atoms with Crippen molar-refractivity contribution in [3.63, 3.8) is 0 Å². The predicted octanol–water partition coefficient (Wildman–Crippen LogP) is 3.53. The molecule has 0 fully saturated rings. The van der Waals surface area contributed by atoms with E-state index >= 15 is 0 Å². The normalized spacial score (nSPS) is 10.8. The van der Waals surface area contributed by atoms with Gasteiger partial charge in [-0.15, -0.1) is 0 Å². The Morgan fingerprint density at radius 1 is 0.964 bits per heavy atom. The van der Waals surface area contributed by atoms with Crippen molar-refractivity contribution in [1.82, 2.24) is 15.8 Å². The molecule has 7 heteroatoms. The standard InChI is InChI=1S/C21H29N3O4/c1-2-3-4-5-6-7-8-9-14-17(25)23-24-21(28)18-19(26)15-12-10-11-13-16(15)22-20(18)27/h10-13H,2-9,14H2,1H3,(H,23,25)(H,24,28)(H2,22,26,27). The molecule has 7 nitrogen and oxygen atoms in total. The van der Waals surface area contributed by atoms with Crippen molar-refractivity contribution in [3.05, 3.63) is 40.2 Å². The first kappa shape index (κ1) is 21.5. The van der Waals surface area contributed by atoms with Crippen LogP contribution in [-0.2, 0) is 4.79 Å². The van der Waals surface area contributed by atoms with Crippen LogP contribution in [0.4, 0.5) is 0 Å². The zero-order valence-electron chi connectivity index (χ0n) is 16.3. The Kier molecular flexibility index (Phi) is 8.52. The van der Waals surface area contributed by atoms with Gasteiger partial charge < -0.3 is 10.1 Å². The molecule has 4 N–H and O–H groups in total. The fourth-order valence-electron chi connectivity index (χ4n) is 3.11. The molecule has 0 aliphatic carbocycles. The van der Waals surface area contributed by atoms with Gasteiger partial charge in [-0.1, -0.05) is 64.0 Å². The lowest BCUT2D eigenvalue weighted by Gasteiger charge is -2.09. The lowest BCUT2D eigenvalue weighted by molar-refractivity contribution is -0.122. The minimum absolute atomic E-state index is 0.301. The first-order chi connectivity index (χ1) is 13.5. The van der Waals surface area contributed by atoms with E-state index in [0.717, 1.165) is 19.3 Å². The summed E-state index contributed by atoms with van der Waals surface area (Å²) in [7, 11) is 0. The largest absolute Gasteiger partial charge is 0.506 e. The number of aromatic hydroxyl groups is 1. The van der Waals surface area contributed by atoms with Crippen molar-refractivity contribution >= 4 is 22.7 Å². The van der Waals surface area contributed by atoms with E-state index in [9.17, 15) is 19.5 Å². The second-order valence-corrected chi connectivity index (χ2v) is 6.95. The molecule has 2 rings (SSSR count). The smallest absolute Gasteiger partial charge is 0.279 e. The second-order valence-electron chi connectivity index (χ2n) is 6.95. The zero-order chi connectivity index (χ0) is 20.4. The van der Waals surface area contributed by atoms with Gasteiger partial charge >= 0.3 is 0 Å². The number of amides is 2. The monoisotopic (exact) mass is 387 g/mol. The van der Waals surface area contributed by atoms with Gasteiger partial charge in [-0.05, 0) is 18.6 Å². The van der Waals surface area contributed by atoms with Crippen LogP contribution < -0.4 is 16.4 Å². The fourth-order valence-corrected chi connectivity index (χ4v) is 3.11. The van der Waals surface area contributed by atoms with Gasteiger partial charge in [0.1, 0.15) is 11.3 Å². The number of para-hydroxylation sites is 1. The van der Waals surface area contributed by atoms with E-state index in [2.05, 4.69) is 22.8 Å². The van der Waals surface area contributed by atoms with Gasteiger partial charge in [-0.2, -0.15) is 0 Å². The third kappa shape index (κ3) is 6.11. The quantitative estimate of drug-likeness (QED) is 0.369. The van der Waals surface area contributed by atoms with Crippen molar-refractivity contribution in [2.75, 3.05) is 0 Å². The van der Waals surface area contributed by atoms with E-state index in [-0.39, 0.29) is 5.91 Å². The minimum atomic E-state index is -0.853. The highest BCUT2D eigenvalue weighted by Crippen LogP contribution is 2.24. The third-order valence-electron chi connectivity index (χ3n) is 4.69. The zero-order valence-corrected chi connectivity index (χ0v) is 16.3. The van der Waals surface area contributed by atoms with Crippen LogP contribution in [0.25, 0.3) is 10.9 Å². The summed E-state index contributed by atoms with van der Waals surface area (Å²) >= 11 is 0. The summed E-state index contributed by atoms with van der Waals surface area (Å²) in [5.74, 6) is -1.58. The molecule has 1 aromatic carbocycles. The van der Waals surface area contributed by atoms with E-state index in [1.165, 1.54) is 32.1 Å². The number of fused-ring (bicyclic) bond motifs is 1. The van der Waals surface area contributed by atoms with Crippen molar-refractivity contribution in [1.29, 1.82) is 0 Å². The van der Waals surface area contributed by atoms with Crippen LogP contribution in [0.1, 0.15) is 75.1 Å². The molecule has 28 heavy (non-hydrogen) atoms. The molecule has 0 unspecified atom stereocenters. The summed E-state index contributed by atoms with van der Waals surface area (Å²) in [6.45, 7) is 2.19. The molecule has 2 aromatic rings. The van der Waals surface area contributed by atoms with E-state index in [1.807, 2.05) is 0 Å². The molecule has 0 aliphatic rings. The Hall–Kier alpha value is -2.83. The van der Waals surface area contributed by atoms with Gasteiger partial charge in [-0.3, -0.25) is 25.2 Å². The van der Waals surface area contributed by atoms with E-state index in [4.69, 9.17) is 0 Å². The van der Waals surface area contributed by atoms with Crippen LogP contribution in [0.2, 0.25) is 0 Å². The molecule has 0 spiro atoms. The van der Waals surface area contributed by atoms with Gasteiger partial charge in [0.05, 0.1) is 5.52 Å². The number of aromatic amines is 1. The first-order valence-electron chi connectivity index (χ1n) is 9.97. The molecule has 152 valence electrons. The Labute approximate surface area is 164 Å². The Morgan fingerprint density at radius 3 is 2.32 bits per heavy atom. The molecule has 2 amide bonds. The van der Waals surface area contributed by atoms with Crippen LogP contribution in [-0.4, -0.2) is 21.9 Å². The minimum Gasteiger partial charge on any atom is -0.506 e. The third-order valence-corrected chi connectivity index (χ3v) is 4.69. The number of aromatic nitrogens is 1. The number of rotatable bonds is 10. The lowest BCUT2D eigenvalue weighted by Crippen LogP contribution is -2.43. The average molecular weight is 387 g/mol. The number of nitrogens with one attached hydrogen (secondary N) is 3. The number of hydrogen-bond donors (Lipinski definition) is 4. The molecular formula is C21H29N3O4. The number of carbonyl (C=O) groups excluding carboxylic acids is 2. The highest BCUT2D eigenvalue weighted by Gasteiger charge is 2.19. The van der Waals surface area contributed by atoms with Gasteiger partial charge in [0.15, 0.2) is 0 Å². The summed E-state index contributed by atoms with van der Waals surface area (Å²) in [5, 5.41) is 10.6. The second kappa shape index (κ2) is 11.1. The van der Waals surface area contributed by atoms with Gasteiger partial charge in [0.25, 0.3) is 11.5 Å². The van der Waals surface area contributed by atoms with E-state index in [1.54, 1.807) is 24.3 Å². The topological polar surface area (TPSA) is 111 Å². The summed E-state index contributed by atoms with van der Waals surface area (Å²) in [6.07, 6.45) is 9.31. The van der Waals surface area contributed by atoms with Crippen LogP contribution in [0, 0.1) is 0 Å². The lowest BCUT2D eigenvalue weighted by atomic mass is 10.1. The molecular weight excluding hydrogens is 358 g/mol. The summed E-state index contributed by atoms with van der Waals surface area (Å²) in [5.41, 5.74) is 3.79. The fraction of sp³-hybridized carbons (Fsp3) is 0.476. The van der Waals surface area contributed by atoms with Crippen LogP contribution in [0.3, 0.4) is 0 Å². The molecule has 0 saturated carbocycles. The average Bonchev–Trinajstić information content (AvgIpc) is 2.68. The molecule has 0 radical (unpaired) electrons. The molecule has 1 aromatic heterocycles. The number of carbonyl (C=O) groups is 2. The Bertz CT molecular complexity index is 860. The highest BCUT2D eigenvalue weighted by atomic mass is 16.3. The van der Waals surface area contributed by atoms with Crippen LogP contribution in [0.5, 0.6) is 5.75 Å². The number of unbranched alkanes of at least 4 members (excludes halogenated alkanes) is 7. The summed E-state index contributed by atoms with van der Waals surface area (Å²) in [6, 6.07) is 6.62. The first-order valence-corrected chi connectivity index (χ1v) is 9.97. The van der Waals surface area contributed by atoms with Gasteiger partial charge in [0, 0.05) is 11.8 Å². The number of hydrazine groups is 1. The Balaban J connectivity index is 1.77. The maximum atomic E-state index is 12.2. The van der Waals surface area contributed by atoms with Crippen LogP contribution >= 0.6 is 0 Å².